The topological polar surface area (TPSA) is 79.0 Å². The molecule has 0 aromatic heterocycles. The number of sulfonamides is 1. The van der Waals surface area contributed by atoms with Crippen LogP contribution in [0.25, 0.3) is 0 Å². The van der Waals surface area contributed by atoms with Gasteiger partial charge in [-0.3, -0.25) is 9.69 Å². The Morgan fingerprint density at radius 3 is 2.40 bits per heavy atom. The quantitative estimate of drug-likeness (QED) is 0.663. The van der Waals surface area contributed by atoms with E-state index >= 15 is 0 Å². The Hall–Kier alpha value is -1.48. The number of hydrogen-bond acceptors (Lipinski definition) is 5. The molecule has 0 saturated carbocycles. The molecule has 2 saturated heterocycles. The molecule has 3 atom stereocenters. The highest BCUT2D eigenvalue weighted by Gasteiger charge is 2.28. The van der Waals surface area contributed by atoms with E-state index in [2.05, 4.69) is 31.0 Å². The molecule has 3 unspecified atom stereocenters. The van der Waals surface area contributed by atoms with Gasteiger partial charge in [-0.15, -0.1) is 0 Å². The van der Waals surface area contributed by atoms with Gasteiger partial charge >= 0.3 is 0 Å². The van der Waals surface area contributed by atoms with Crippen LogP contribution in [0, 0.1) is 5.92 Å². The van der Waals surface area contributed by atoms with Gasteiger partial charge in [0.2, 0.25) is 10.0 Å². The number of benzene rings is 1. The first kappa shape index (κ1) is 23.2. The van der Waals surface area contributed by atoms with Gasteiger partial charge in [0.25, 0.3) is 5.91 Å². The normalized spacial score (nSPS) is 26.4. The van der Waals surface area contributed by atoms with Gasteiger partial charge in [0, 0.05) is 44.8 Å². The van der Waals surface area contributed by atoms with Crippen LogP contribution in [0.2, 0.25) is 0 Å². The maximum Gasteiger partial charge on any atom is 0.251 e. The maximum atomic E-state index is 12.8. The molecule has 1 amide bonds. The summed E-state index contributed by atoms with van der Waals surface area (Å²) in [5.41, 5.74) is 0.481. The van der Waals surface area contributed by atoms with E-state index in [9.17, 15) is 13.2 Å². The third kappa shape index (κ3) is 6.03. The molecule has 2 heterocycles. The van der Waals surface area contributed by atoms with Crippen molar-refractivity contribution in [1.29, 1.82) is 0 Å². The minimum atomic E-state index is -3.49. The molecule has 0 radical (unpaired) electrons. The smallest absolute Gasteiger partial charge is 0.251 e. The second-order valence-corrected chi connectivity index (χ2v) is 10.7. The Morgan fingerprint density at radius 1 is 1.10 bits per heavy atom. The monoisotopic (exact) mass is 437 g/mol. The first-order valence-corrected chi connectivity index (χ1v) is 12.5. The Kier molecular flexibility index (Phi) is 7.90. The zero-order valence-electron chi connectivity index (χ0n) is 18.3. The summed E-state index contributed by atoms with van der Waals surface area (Å²) >= 11 is 0. The lowest BCUT2D eigenvalue weighted by molar-refractivity contribution is -0.0680. The van der Waals surface area contributed by atoms with Crippen LogP contribution in [-0.2, 0) is 14.8 Å². The molecule has 2 aliphatic heterocycles. The number of hydrogen-bond donors (Lipinski definition) is 1. The molecule has 1 aromatic carbocycles. The highest BCUT2D eigenvalue weighted by molar-refractivity contribution is 7.89. The molecule has 30 heavy (non-hydrogen) atoms. The van der Waals surface area contributed by atoms with Gasteiger partial charge in [-0.1, -0.05) is 6.92 Å². The standard InChI is InChI=1S/C22H35N3O4S/c1-17-6-4-13-25(14-17)30(27,28)21-9-7-20(8-10-21)22(26)23-11-5-12-24-15-18(2)29-19(3)16-24/h7-10,17-19H,4-6,11-16H2,1-3H3,(H,23,26). The fraction of sp³-hybridized carbons (Fsp3) is 0.682. The fourth-order valence-electron chi connectivity index (χ4n) is 4.37. The molecular formula is C22H35N3O4S. The highest BCUT2D eigenvalue weighted by Crippen LogP contribution is 2.23. The van der Waals surface area contributed by atoms with Crippen LogP contribution in [0.15, 0.2) is 29.2 Å². The molecule has 2 fully saturated rings. The summed E-state index contributed by atoms with van der Waals surface area (Å²) in [6, 6.07) is 6.28. The van der Waals surface area contributed by atoms with Crippen molar-refractivity contribution in [2.75, 3.05) is 39.3 Å². The van der Waals surface area contributed by atoms with E-state index < -0.39 is 10.0 Å². The Bertz CT molecular complexity index is 802. The van der Waals surface area contributed by atoms with Crippen molar-refractivity contribution in [3.63, 3.8) is 0 Å². The van der Waals surface area contributed by atoms with Gasteiger partial charge < -0.3 is 10.1 Å². The third-order valence-electron chi connectivity index (χ3n) is 5.81. The van der Waals surface area contributed by atoms with E-state index in [1.807, 2.05) is 0 Å². The van der Waals surface area contributed by atoms with Gasteiger partial charge in [-0.2, -0.15) is 4.31 Å². The summed E-state index contributed by atoms with van der Waals surface area (Å²) < 4.78 is 33.0. The van der Waals surface area contributed by atoms with Crippen molar-refractivity contribution >= 4 is 15.9 Å². The lowest BCUT2D eigenvalue weighted by atomic mass is 10.0. The molecule has 0 bridgehead atoms. The Balaban J connectivity index is 1.48. The van der Waals surface area contributed by atoms with Crippen LogP contribution in [0.1, 0.15) is 50.4 Å². The number of ether oxygens (including phenoxy) is 1. The third-order valence-corrected chi connectivity index (χ3v) is 7.69. The van der Waals surface area contributed by atoms with E-state index in [1.54, 1.807) is 28.6 Å². The largest absolute Gasteiger partial charge is 0.373 e. The first-order chi connectivity index (χ1) is 14.3. The SMILES string of the molecule is CC1CCCN(S(=O)(=O)c2ccc(C(=O)NCCCN3CC(C)OC(C)C3)cc2)C1. The minimum absolute atomic E-state index is 0.172. The summed E-state index contributed by atoms with van der Waals surface area (Å²) in [6.45, 7) is 10.7. The number of piperidine rings is 1. The average molecular weight is 438 g/mol. The second kappa shape index (κ2) is 10.2. The van der Waals surface area contributed by atoms with Gasteiger partial charge in [0.1, 0.15) is 0 Å². The van der Waals surface area contributed by atoms with Gasteiger partial charge in [0.05, 0.1) is 17.1 Å². The predicted molar refractivity (Wildman–Crippen MR) is 117 cm³/mol. The zero-order valence-corrected chi connectivity index (χ0v) is 19.2. The molecule has 1 aromatic rings. The van der Waals surface area contributed by atoms with Crippen LogP contribution >= 0.6 is 0 Å². The molecular weight excluding hydrogens is 402 g/mol. The first-order valence-electron chi connectivity index (χ1n) is 11.0. The van der Waals surface area contributed by atoms with E-state index in [0.29, 0.717) is 31.1 Å². The van der Waals surface area contributed by atoms with E-state index in [0.717, 1.165) is 38.9 Å². The van der Waals surface area contributed by atoms with Crippen molar-refractivity contribution in [2.45, 2.75) is 57.1 Å². The number of morpholine rings is 1. The van der Waals surface area contributed by atoms with E-state index in [-0.39, 0.29) is 23.0 Å². The number of rotatable bonds is 7. The van der Waals surface area contributed by atoms with E-state index in [4.69, 9.17) is 4.74 Å². The number of carbonyl (C=O) groups is 1. The Morgan fingerprint density at radius 2 is 1.77 bits per heavy atom. The van der Waals surface area contributed by atoms with Crippen LogP contribution in [0.5, 0.6) is 0 Å². The van der Waals surface area contributed by atoms with Gasteiger partial charge in [0.15, 0.2) is 0 Å². The number of nitrogens with zero attached hydrogens (tertiary/aromatic N) is 2. The molecule has 3 rings (SSSR count). The molecule has 0 spiro atoms. The van der Waals surface area contributed by atoms with Crippen LogP contribution in [0.3, 0.4) is 0 Å². The maximum absolute atomic E-state index is 12.8. The van der Waals surface area contributed by atoms with Crippen molar-refractivity contribution < 1.29 is 17.9 Å². The van der Waals surface area contributed by atoms with Crippen molar-refractivity contribution in [2.24, 2.45) is 5.92 Å². The zero-order chi connectivity index (χ0) is 21.7. The van der Waals surface area contributed by atoms with E-state index in [1.165, 1.54) is 0 Å². The Labute approximate surface area is 180 Å². The summed E-state index contributed by atoms with van der Waals surface area (Å²) in [7, 11) is -3.49. The van der Waals surface area contributed by atoms with Crippen molar-refractivity contribution in [3.8, 4) is 0 Å². The molecule has 7 nitrogen and oxygen atoms in total. The lowest BCUT2D eigenvalue weighted by Crippen LogP contribution is -2.46. The van der Waals surface area contributed by atoms with Crippen molar-refractivity contribution in [1.82, 2.24) is 14.5 Å². The summed E-state index contributed by atoms with van der Waals surface area (Å²) in [6.07, 6.45) is 3.31. The number of nitrogens with one attached hydrogen (secondary N) is 1. The van der Waals surface area contributed by atoms with Crippen LogP contribution < -0.4 is 5.32 Å². The van der Waals surface area contributed by atoms with Crippen molar-refractivity contribution in [3.05, 3.63) is 29.8 Å². The van der Waals surface area contributed by atoms with Gasteiger partial charge in [-0.25, -0.2) is 8.42 Å². The second-order valence-electron chi connectivity index (χ2n) is 8.76. The molecule has 0 aliphatic carbocycles. The number of carbonyl (C=O) groups excluding carboxylic acids is 1. The van der Waals surface area contributed by atoms with Crippen LogP contribution in [0.4, 0.5) is 0 Å². The fourth-order valence-corrected chi connectivity index (χ4v) is 5.96. The van der Waals surface area contributed by atoms with Crippen LogP contribution in [-0.4, -0.2) is 75.0 Å². The minimum Gasteiger partial charge on any atom is -0.373 e. The molecule has 2 aliphatic rings. The highest BCUT2D eigenvalue weighted by atomic mass is 32.2. The summed E-state index contributed by atoms with van der Waals surface area (Å²) in [5.74, 6) is 0.205. The lowest BCUT2D eigenvalue weighted by Gasteiger charge is -2.35. The average Bonchev–Trinajstić information content (AvgIpc) is 2.70. The molecule has 168 valence electrons. The summed E-state index contributed by atoms with van der Waals surface area (Å²) in [5, 5.41) is 2.93. The van der Waals surface area contributed by atoms with Gasteiger partial charge in [-0.05, 0) is 63.3 Å². The molecule has 8 heteroatoms. The molecule has 1 N–H and O–H groups in total. The number of amides is 1. The summed E-state index contributed by atoms with van der Waals surface area (Å²) in [4.78, 5) is 15.0. The predicted octanol–water partition coefficient (Wildman–Crippen LogP) is 2.34.